The molecule has 172 valence electrons. The van der Waals surface area contributed by atoms with Crippen LogP contribution in [0.1, 0.15) is 36.3 Å². The molecule has 2 aromatic heterocycles. The van der Waals surface area contributed by atoms with Gasteiger partial charge in [0.2, 0.25) is 5.91 Å². The minimum absolute atomic E-state index is 0.0140. The molecule has 0 saturated carbocycles. The fraction of sp³-hybridized carbons (Fsp3) is 0.417. The van der Waals surface area contributed by atoms with Gasteiger partial charge in [-0.1, -0.05) is 37.3 Å². The maximum absolute atomic E-state index is 13.4. The Morgan fingerprint density at radius 3 is 2.58 bits per heavy atom. The maximum atomic E-state index is 13.4. The lowest BCUT2D eigenvalue weighted by Crippen LogP contribution is -2.43. The monoisotopic (exact) mass is 449 g/mol. The van der Waals surface area contributed by atoms with Crippen molar-refractivity contribution in [3.05, 3.63) is 58.0 Å². The van der Waals surface area contributed by atoms with Crippen LogP contribution in [0.5, 0.6) is 0 Å². The first-order valence-electron chi connectivity index (χ1n) is 11.4. The first kappa shape index (κ1) is 21.4. The van der Waals surface area contributed by atoms with Crippen molar-refractivity contribution in [1.82, 2.24) is 24.0 Å². The third-order valence-corrected chi connectivity index (χ3v) is 6.61. The normalized spacial score (nSPS) is 17.0. The molecule has 0 aliphatic carbocycles. The molecule has 2 aliphatic rings. The fourth-order valence-electron chi connectivity index (χ4n) is 4.52. The molecule has 33 heavy (non-hydrogen) atoms. The van der Waals surface area contributed by atoms with Crippen LogP contribution in [0.2, 0.25) is 0 Å². The lowest BCUT2D eigenvalue weighted by molar-refractivity contribution is -0.135. The summed E-state index contributed by atoms with van der Waals surface area (Å²) in [5.41, 5.74) is 2.31. The quantitative estimate of drug-likeness (QED) is 0.592. The Morgan fingerprint density at radius 2 is 1.88 bits per heavy atom. The van der Waals surface area contributed by atoms with Gasteiger partial charge in [-0.05, 0) is 13.3 Å². The van der Waals surface area contributed by atoms with Crippen LogP contribution in [0, 0.1) is 0 Å². The number of morpholine rings is 1. The number of hydrogen-bond donors (Lipinski definition) is 0. The summed E-state index contributed by atoms with van der Waals surface area (Å²) in [6, 6.07) is 11.3. The Morgan fingerprint density at radius 1 is 1.15 bits per heavy atom. The molecule has 2 amide bonds. The summed E-state index contributed by atoms with van der Waals surface area (Å²) < 4.78 is 8.38. The Bertz CT molecular complexity index is 1270. The molecule has 1 fully saturated rings. The van der Waals surface area contributed by atoms with Crippen LogP contribution < -0.4 is 5.56 Å². The Kier molecular flexibility index (Phi) is 5.49. The largest absolute Gasteiger partial charge is 0.378 e. The van der Waals surface area contributed by atoms with Gasteiger partial charge in [-0.25, -0.2) is 0 Å². The Hall–Kier alpha value is -3.46. The first-order chi connectivity index (χ1) is 16.0. The van der Waals surface area contributed by atoms with Crippen LogP contribution in [0.3, 0.4) is 0 Å². The zero-order valence-electron chi connectivity index (χ0n) is 18.9. The van der Waals surface area contributed by atoms with E-state index in [2.05, 4.69) is 5.10 Å². The molecule has 4 heterocycles. The molecular weight excluding hydrogens is 422 g/mol. The molecular formula is C24H27N5O4. The van der Waals surface area contributed by atoms with E-state index in [1.165, 1.54) is 4.52 Å². The van der Waals surface area contributed by atoms with Gasteiger partial charge in [0.25, 0.3) is 11.5 Å². The van der Waals surface area contributed by atoms with E-state index in [4.69, 9.17) is 4.74 Å². The second kappa shape index (κ2) is 8.47. The molecule has 2 aliphatic heterocycles. The lowest BCUT2D eigenvalue weighted by atomic mass is 10.1. The van der Waals surface area contributed by atoms with E-state index in [0.717, 1.165) is 12.0 Å². The summed E-state index contributed by atoms with van der Waals surface area (Å²) in [6.07, 6.45) is 0.774. The summed E-state index contributed by atoms with van der Waals surface area (Å²) in [5, 5.41) is 4.56. The number of ether oxygens (including phenoxy) is 1. The molecule has 0 spiro atoms. The van der Waals surface area contributed by atoms with Gasteiger partial charge in [-0.3, -0.25) is 14.4 Å². The van der Waals surface area contributed by atoms with Gasteiger partial charge >= 0.3 is 0 Å². The highest BCUT2D eigenvalue weighted by atomic mass is 16.5. The highest BCUT2D eigenvalue weighted by Crippen LogP contribution is 2.27. The number of fused-ring (bicyclic) bond motifs is 2. The number of carbonyl (C=O) groups is 2. The summed E-state index contributed by atoms with van der Waals surface area (Å²) in [5.74, 6) is -0.320. The smallest absolute Gasteiger partial charge is 0.280 e. The molecule has 1 saturated heterocycles. The Labute approximate surface area is 191 Å². The van der Waals surface area contributed by atoms with Crippen molar-refractivity contribution in [2.24, 2.45) is 0 Å². The van der Waals surface area contributed by atoms with Gasteiger partial charge in [0.15, 0.2) is 0 Å². The van der Waals surface area contributed by atoms with Crippen LogP contribution in [-0.4, -0.2) is 68.1 Å². The second-order valence-electron chi connectivity index (χ2n) is 8.57. The standard InChI is InChI=1S/C24H27N5O4/c1-3-16(2)27-14-18-22(24(27)32)28(15-21(30)26-9-11-33-12-10-26)20-13-19(25-29(20)23(18)31)17-7-5-4-6-8-17/h4-8,13,16H,3,9-12,14-15H2,1-2H3/t16-/m0/s1. The van der Waals surface area contributed by atoms with E-state index in [1.807, 2.05) is 44.2 Å². The van der Waals surface area contributed by atoms with E-state index in [9.17, 15) is 14.4 Å². The number of amides is 2. The maximum Gasteiger partial charge on any atom is 0.280 e. The molecule has 0 bridgehead atoms. The second-order valence-corrected chi connectivity index (χ2v) is 8.57. The van der Waals surface area contributed by atoms with Crippen molar-refractivity contribution >= 4 is 17.5 Å². The summed E-state index contributed by atoms with van der Waals surface area (Å²) in [6.45, 7) is 6.18. The van der Waals surface area contributed by atoms with Crippen molar-refractivity contribution in [3.8, 4) is 11.3 Å². The summed E-state index contributed by atoms with van der Waals surface area (Å²) in [4.78, 5) is 43.5. The number of rotatable bonds is 5. The zero-order valence-corrected chi connectivity index (χ0v) is 18.9. The van der Waals surface area contributed by atoms with Gasteiger partial charge < -0.3 is 19.1 Å². The highest BCUT2D eigenvalue weighted by molar-refractivity contribution is 5.98. The van der Waals surface area contributed by atoms with Crippen molar-refractivity contribution in [3.63, 3.8) is 0 Å². The van der Waals surface area contributed by atoms with Crippen LogP contribution in [-0.2, 0) is 22.6 Å². The van der Waals surface area contributed by atoms with E-state index < -0.39 is 0 Å². The van der Waals surface area contributed by atoms with Gasteiger partial charge in [-0.15, -0.1) is 0 Å². The minimum Gasteiger partial charge on any atom is -0.378 e. The molecule has 5 rings (SSSR count). The van der Waals surface area contributed by atoms with Crippen LogP contribution >= 0.6 is 0 Å². The highest BCUT2D eigenvalue weighted by Gasteiger charge is 2.37. The summed E-state index contributed by atoms with van der Waals surface area (Å²) in [7, 11) is 0. The Balaban J connectivity index is 1.66. The van der Waals surface area contributed by atoms with Crippen molar-refractivity contribution in [2.45, 2.75) is 39.4 Å². The molecule has 0 unspecified atom stereocenters. The number of carbonyl (C=O) groups excluding carboxylic acids is 2. The minimum atomic E-state index is -0.309. The van der Waals surface area contributed by atoms with Crippen molar-refractivity contribution < 1.29 is 14.3 Å². The lowest BCUT2D eigenvalue weighted by Gasteiger charge is -2.27. The molecule has 0 radical (unpaired) electrons. The van der Waals surface area contributed by atoms with Crippen molar-refractivity contribution in [1.29, 1.82) is 0 Å². The first-order valence-corrected chi connectivity index (χ1v) is 11.4. The molecule has 9 nitrogen and oxygen atoms in total. The van der Waals surface area contributed by atoms with Crippen LogP contribution in [0.15, 0.2) is 41.2 Å². The summed E-state index contributed by atoms with van der Waals surface area (Å²) >= 11 is 0. The van der Waals surface area contributed by atoms with Gasteiger partial charge in [0.05, 0.1) is 31.0 Å². The van der Waals surface area contributed by atoms with E-state index >= 15 is 0 Å². The molecule has 9 heteroatoms. The SMILES string of the molecule is CC[C@H](C)N1Cc2c(n(CC(=O)N3CCOCC3)c3cc(-c4ccccc4)nn3c2=O)C1=O. The third kappa shape index (κ3) is 3.62. The predicted molar refractivity (Wildman–Crippen MR) is 122 cm³/mol. The van der Waals surface area contributed by atoms with Gasteiger partial charge in [0, 0.05) is 30.8 Å². The average Bonchev–Trinajstić information content (AvgIpc) is 3.45. The topological polar surface area (TPSA) is 89.2 Å². The number of nitrogens with zero attached hydrogens (tertiary/aromatic N) is 5. The molecule has 0 N–H and O–H groups in total. The van der Waals surface area contributed by atoms with E-state index in [0.29, 0.717) is 48.9 Å². The van der Waals surface area contributed by atoms with E-state index in [1.54, 1.807) is 20.4 Å². The predicted octanol–water partition coefficient (Wildman–Crippen LogP) is 1.78. The average molecular weight is 450 g/mol. The third-order valence-electron chi connectivity index (χ3n) is 6.61. The molecule has 1 atom stereocenters. The molecule has 3 aromatic rings. The van der Waals surface area contributed by atoms with E-state index in [-0.39, 0.29) is 36.5 Å². The zero-order chi connectivity index (χ0) is 23.1. The van der Waals surface area contributed by atoms with Crippen LogP contribution in [0.4, 0.5) is 0 Å². The van der Waals surface area contributed by atoms with Crippen LogP contribution in [0.25, 0.3) is 16.9 Å². The number of aromatic nitrogens is 3. The number of hydrogen-bond acceptors (Lipinski definition) is 5. The van der Waals surface area contributed by atoms with Crippen molar-refractivity contribution in [2.75, 3.05) is 26.3 Å². The number of benzene rings is 1. The van der Waals surface area contributed by atoms with Gasteiger partial charge in [-0.2, -0.15) is 9.61 Å². The molecule has 1 aromatic carbocycles. The fourth-order valence-corrected chi connectivity index (χ4v) is 4.52. The van der Waals surface area contributed by atoms with Gasteiger partial charge in [0.1, 0.15) is 17.9 Å².